The third-order valence-electron chi connectivity index (χ3n) is 10.5. The van der Waals surface area contributed by atoms with E-state index in [-0.39, 0.29) is 17.9 Å². The predicted octanol–water partition coefficient (Wildman–Crippen LogP) is 5.68. The normalized spacial score (nSPS) is 23.3. The van der Waals surface area contributed by atoms with Gasteiger partial charge in [-0.25, -0.2) is 4.98 Å². The van der Waals surface area contributed by atoms with Crippen molar-refractivity contribution in [2.75, 3.05) is 32.5 Å². The van der Waals surface area contributed by atoms with Crippen molar-refractivity contribution in [1.82, 2.24) is 24.3 Å². The number of rotatable bonds is 5. The molecular formula is C36H43ClN6O3. The average Bonchev–Trinajstić information content (AvgIpc) is 3.63. The first-order chi connectivity index (χ1) is 22.3. The summed E-state index contributed by atoms with van der Waals surface area (Å²) in [4.78, 5) is 32.7. The fourth-order valence-corrected chi connectivity index (χ4v) is 8.30. The number of nitrogens with zero attached hydrogens (tertiary/aromatic N) is 4. The van der Waals surface area contributed by atoms with Gasteiger partial charge in [0.05, 0.1) is 28.9 Å². The van der Waals surface area contributed by atoms with E-state index in [9.17, 15) is 9.59 Å². The Hall–Kier alpha value is -3.82. The van der Waals surface area contributed by atoms with Crippen LogP contribution in [0, 0.1) is 18.8 Å². The maximum atomic E-state index is 13.3. The van der Waals surface area contributed by atoms with E-state index >= 15 is 0 Å². The molecule has 2 aromatic heterocycles. The molecule has 5 heterocycles. The molecule has 1 amide bonds. The van der Waals surface area contributed by atoms with Gasteiger partial charge in [-0.3, -0.25) is 9.59 Å². The maximum absolute atomic E-state index is 13.3. The minimum atomic E-state index is -0.136. The molecule has 10 heteroatoms. The number of nitrogen functional groups attached to an aromatic ring is 1. The molecule has 0 radical (unpaired) electrons. The highest BCUT2D eigenvalue weighted by atomic mass is 35.5. The van der Waals surface area contributed by atoms with E-state index in [1.54, 1.807) is 12.1 Å². The summed E-state index contributed by atoms with van der Waals surface area (Å²) in [6.45, 7) is 7.14. The number of aromatic nitrogens is 3. The van der Waals surface area contributed by atoms with Crippen LogP contribution in [-0.2, 0) is 25.9 Å². The Kier molecular flexibility index (Phi) is 8.55. The summed E-state index contributed by atoms with van der Waals surface area (Å²) in [6.07, 6.45) is 11.5. The van der Waals surface area contributed by atoms with Crippen LogP contribution < -0.4 is 15.8 Å². The minimum absolute atomic E-state index is 0.0638. The predicted molar refractivity (Wildman–Crippen MR) is 181 cm³/mol. The van der Waals surface area contributed by atoms with Gasteiger partial charge in [0.1, 0.15) is 11.6 Å². The first-order valence-electron chi connectivity index (χ1n) is 16.6. The second kappa shape index (κ2) is 12.8. The van der Waals surface area contributed by atoms with Crippen molar-refractivity contribution in [2.45, 2.75) is 71.0 Å². The second-order valence-corrected chi connectivity index (χ2v) is 13.7. The lowest BCUT2D eigenvalue weighted by atomic mass is 9.84. The molecule has 4 aliphatic rings. The van der Waals surface area contributed by atoms with E-state index in [2.05, 4.69) is 42.5 Å². The number of piperidine rings is 2. The highest BCUT2D eigenvalue weighted by Crippen LogP contribution is 2.38. The number of hydrogen-bond donors (Lipinski definition) is 2. The summed E-state index contributed by atoms with van der Waals surface area (Å²) in [5, 5.41) is 4.72. The Morgan fingerprint density at radius 3 is 2.80 bits per heavy atom. The molecule has 4 aromatic rings. The number of benzene rings is 2. The lowest BCUT2D eigenvalue weighted by Crippen LogP contribution is -2.53. The van der Waals surface area contributed by atoms with E-state index in [0.717, 1.165) is 63.3 Å². The molecule has 8 rings (SSSR count). The van der Waals surface area contributed by atoms with Crippen molar-refractivity contribution in [3.8, 4) is 5.75 Å². The number of carbonyl (C=O) groups is 2. The Morgan fingerprint density at radius 2 is 2.00 bits per heavy atom. The van der Waals surface area contributed by atoms with Crippen molar-refractivity contribution < 1.29 is 14.3 Å². The topological polar surface area (TPSA) is 107 Å². The Bertz CT molecular complexity index is 1790. The average molecular weight is 643 g/mol. The largest absolute Gasteiger partial charge is 0.496 e. The number of amides is 1. The standard InChI is InChI=1S/C20H21N3O.C16H22ClN3O2/c1-13-21-9-11-22(13)12-15-7-8-17-18(20(15)24)16-6-2-4-14-5-3-10-23(17)19(14)16;1-22-15-8-13(18)12(17)7-11(15)16(21)19-14-4-6-20-5-2-3-10(14)9-20/h2,4,6,9,11,15H,3,5,7-8,10,12H2,1H3;7-8,10,14H,2-6,9,18H2,1H3,(H,19,21)/t15-;10-,14+/m10/s1. The van der Waals surface area contributed by atoms with Crippen LogP contribution in [-0.4, -0.2) is 63.5 Å². The maximum Gasteiger partial charge on any atom is 0.255 e. The summed E-state index contributed by atoms with van der Waals surface area (Å²) in [5.41, 5.74) is 11.6. The number of ether oxygens (including phenoxy) is 1. The van der Waals surface area contributed by atoms with Crippen LogP contribution in [0.4, 0.5) is 5.69 Å². The van der Waals surface area contributed by atoms with Crippen molar-refractivity contribution in [2.24, 2.45) is 11.8 Å². The van der Waals surface area contributed by atoms with Gasteiger partial charge in [0.25, 0.3) is 5.91 Å². The number of halogens is 1. The smallest absolute Gasteiger partial charge is 0.255 e. The van der Waals surface area contributed by atoms with Gasteiger partial charge in [-0.2, -0.15) is 0 Å². The summed E-state index contributed by atoms with van der Waals surface area (Å²) in [5.74, 6) is 2.24. The third kappa shape index (κ3) is 5.68. The summed E-state index contributed by atoms with van der Waals surface area (Å²) >= 11 is 6.05. The zero-order valence-corrected chi connectivity index (χ0v) is 27.5. The zero-order valence-electron chi connectivity index (χ0n) is 26.7. The number of methoxy groups -OCH3 is 1. The van der Waals surface area contributed by atoms with Crippen LogP contribution in [0.15, 0.2) is 42.7 Å². The molecule has 3 N–H and O–H groups in total. The number of anilines is 1. The molecule has 2 bridgehead atoms. The van der Waals surface area contributed by atoms with Gasteiger partial charge in [-0.15, -0.1) is 0 Å². The van der Waals surface area contributed by atoms with Crippen molar-refractivity contribution >= 4 is 39.9 Å². The first kappa shape index (κ1) is 30.8. The molecule has 1 aliphatic carbocycles. The fraction of sp³-hybridized carbons (Fsp3) is 0.472. The second-order valence-electron chi connectivity index (χ2n) is 13.3. The van der Waals surface area contributed by atoms with Gasteiger partial charge in [0.15, 0.2) is 5.78 Å². The monoisotopic (exact) mass is 642 g/mol. The van der Waals surface area contributed by atoms with E-state index in [1.165, 1.54) is 55.1 Å². The number of carbonyl (C=O) groups excluding carboxylic acids is 2. The number of fused-ring (bicyclic) bond motifs is 5. The van der Waals surface area contributed by atoms with Crippen molar-refractivity contribution in [1.29, 1.82) is 0 Å². The lowest BCUT2D eigenvalue weighted by Gasteiger charge is -2.42. The van der Waals surface area contributed by atoms with Crippen LogP contribution in [0.25, 0.3) is 10.9 Å². The Labute approximate surface area is 275 Å². The third-order valence-corrected chi connectivity index (χ3v) is 10.9. The first-order valence-corrected chi connectivity index (χ1v) is 17.0. The highest BCUT2D eigenvalue weighted by molar-refractivity contribution is 6.33. The van der Waals surface area contributed by atoms with Gasteiger partial charge < -0.3 is 29.8 Å². The minimum Gasteiger partial charge on any atom is -0.496 e. The van der Waals surface area contributed by atoms with E-state index in [1.807, 2.05) is 19.3 Å². The molecule has 4 atom stereocenters. The van der Waals surface area contributed by atoms with E-state index in [4.69, 9.17) is 22.1 Å². The number of para-hydroxylation sites is 1. The van der Waals surface area contributed by atoms with Crippen LogP contribution in [0.5, 0.6) is 5.75 Å². The molecule has 0 saturated carbocycles. The van der Waals surface area contributed by atoms with E-state index in [0.29, 0.717) is 33.7 Å². The summed E-state index contributed by atoms with van der Waals surface area (Å²) in [7, 11) is 1.53. The molecule has 0 spiro atoms. The molecule has 0 unspecified atom stereocenters. The van der Waals surface area contributed by atoms with Crippen LogP contribution in [0.1, 0.15) is 69.9 Å². The molecule has 46 heavy (non-hydrogen) atoms. The molecule has 9 nitrogen and oxygen atoms in total. The molecule has 2 aromatic carbocycles. The summed E-state index contributed by atoms with van der Waals surface area (Å²) < 4.78 is 9.80. The SMILES string of the molecule is COc1cc(N)c(Cl)cc1C(=O)N[C@@H]1CC[N@]2CCC[C@H]1C2.Cc1nccn1C[C@H]1CCc2c(c3cccc4c3n2CCC4)C1=O. The Balaban J connectivity index is 0.000000148. The van der Waals surface area contributed by atoms with Crippen molar-refractivity contribution in [3.05, 3.63) is 76.0 Å². The fourth-order valence-electron chi connectivity index (χ4n) is 8.13. The number of imidazole rings is 1. The number of hydrogen-bond acceptors (Lipinski definition) is 6. The zero-order chi connectivity index (χ0) is 31.9. The van der Waals surface area contributed by atoms with Gasteiger partial charge in [0.2, 0.25) is 0 Å². The van der Waals surface area contributed by atoms with Crippen LogP contribution in [0.3, 0.4) is 0 Å². The lowest BCUT2D eigenvalue weighted by molar-refractivity contribution is 0.0736. The number of Topliss-reactive ketones (excluding diaryl/α,β-unsaturated/α-hetero) is 1. The number of nitrogens with one attached hydrogen (secondary N) is 1. The molecule has 2 saturated heterocycles. The van der Waals surface area contributed by atoms with Gasteiger partial charge in [-0.1, -0.05) is 29.8 Å². The number of aryl methyl sites for hydroxylation is 3. The molecular weight excluding hydrogens is 600 g/mol. The highest BCUT2D eigenvalue weighted by Gasteiger charge is 2.35. The molecule has 2 fully saturated rings. The van der Waals surface area contributed by atoms with Crippen LogP contribution >= 0.6 is 11.6 Å². The van der Waals surface area contributed by atoms with Crippen molar-refractivity contribution in [3.63, 3.8) is 0 Å². The number of nitrogens with two attached hydrogens (primary N) is 1. The van der Waals surface area contributed by atoms with Gasteiger partial charge >= 0.3 is 0 Å². The molecule has 3 aliphatic heterocycles. The number of ketones is 1. The summed E-state index contributed by atoms with van der Waals surface area (Å²) in [6, 6.07) is 9.89. The Morgan fingerprint density at radius 1 is 1.13 bits per heavy atom. The van der Waals surface area contributed by atoms with Gasteiger partial charge in [-0.05, 0) is 76.0 Å². The van der Waals surface area contributed by atoms with Crippen LogP contribution in [0.2, 0.25) is 5.02 Å². The quantitative estimate of drug-likeness (QED) is 0.271. The molecule has 242 valence electrons. The van der Waals surface area contributed by atoms with E-state index < -0.39 is 0 Å². The van der Waals surface area contributed by atoms with Gasteiger partial charge in [0, 0.05) is 73.2 Å².